The molecule has 0 atom stereocenters. The van der Waals surface area contributed by atoms with Crippen LogP contribution in [0.3, 0.4) is 0 Å². The highest BCUT2D eigenvalue weighted by atomic mass is 79.9. The van der Waals surface area contributed by atoms with Crippen molar-refractivity contribution in [3.8, 4) is 0 Å². The van der Waals surface area contributed by atoms with Gasteiger partial charge in [-0.15, -0.1) is 0 Å². The molecule has 0 bridgehead atoms. The van der Waals surface area contributed by atoms with Crippen LogP contribution < -0.4 is 32.9 Å². The van der Waals surface area contributed by atoms with Crippen molar-refractivity contribution < 1.29 is 21.7 Å². The molecule has 0 aliphatic heterocycles. The van der Waals surface area contributed by atoms with E-state index in [0.717, 1.165) is 19.6 Å². The van der Waals surface area contributed by atoms with Crippen LogP contribution >= 0.6 is 7.26 Å². The Hall–Kier alpha value is -2.25. The Morgan fingerprint density at radius 1 is 0.432 bits per heavy atom. The zero-order chi connectivity index (χ0) is 24.7. The third-order valence-electron chi connectivity index (χ3n) is 6.98. The minimum atomic E-state index is -1.67. The summed E-state index contributed by atoms with van der Waals surface area (Å²) in [6.45, 7) is 1.60. The first-order valence-electron chi connectivity index (χ1n) is 13.6. The zero-order valence-electron chi connectivity index (χ0n) is 21.9. The Labute approximate surface area is 235 Å². The van der Waals surface area contributed by atoms with Crippen molar-refractivity contribution in [2.75, 3.05) is 12.8 Å². The van der Waals surface area contributed by atoms with E-state index in [4.69, 9.17) is 4.74 Å². The van der Waals surface area contributed by atoms with Gasteiger partial charge >= 0.3 is 0 Å². The second kappa shape index (κ2) is 16.6. The van der Waals surface area contributed by atoms with E-state index in [1.807, 2.05) is 0 Å². The van der Waals surface area contributed by atoms with E-state index >= 15 is 0 Å². The average molecular weight is 576 g/mol. The van der Waals surface area contributed by atoms with Crippen LogP contribution in [0.1, 0.15) is 50.5 Å². The third kappa shape index (κ3) is 8.64. The standard InChI is InChI=1S/C34H40OP.BrH/c1(2-4-18-28-35-30-31-20-10-6-11-21-31)3-5-19-29-36(32-22-12-7-13-23-32,33-24-14-8-15-25-33)34-26-16-9-17-27-34;/h6-17,20-27H,1-5,18-19,28-30H2;1H/q+1;/p-1. The third-order valence-corrected chi connectivity index (χ3v) is 11.5. The molecule has 0 unspecified atom stereocenters. The number of halogens is 1. The van der Waals surface area contributed by atoms with E-state index in [0.29, 0.717) is 0 Å². The van der Waals surface area contributed by atoms with Gasteiger partial charge in [-0.1, -0.05) is 111 Å². The van der Waals surface area contributed by atoms with Crippen LogP contribution in [0.15, 0.2) is 121 Å². The quantitative estimate of drug-likeness (QED) is 0.144. The van der Waals surface area contributed by atoms with Gasteiger partial charge in [0, 0.05) is 6.61 Å². The Kier molecular flexibility index (Phi) is 13.1. The lowest BCUT2D eigenvalue weighted by atomic mass is 10.1. The van der Waals surface area contributed by atoms with Crippen molar-refractivity contribution in [2.45, 2.75) is 51.6 Å². The smallest absolute Gasteiger partial charge is 0.112 e. The van der Waals surface area contributed by atoms with Crippen molar-refractivity contribution in [3.63, 3.8) is 0 Å². The summed E-state index contributed by atoms with van der Waals surface area (Å²) in [6.07, 6.45) is 10.2. The van der Waals surface area contributed by atoms with Gasteiger partial charge in [0.25, 0.3) is 0 Å². The van der Waals surface area contributed by atoms with E-state index in [-0.39, 0.29) is 17.0 Å². The number of benzene rings is 4. The van der Waals surface area contributed by atoms with Crippen LogP contribution in [0.4, 0.5) is 0 Å². The van der Waals surface area contributed by atoms with E-state index in [2.05, 4.69) is 121 Å². The van der Waals surface area contributed by atoms with Crippen LogP contribution in [0.5, 0.6) is 0 Å². The second-order valence-corrected chi connectivity index (χ2v) is 13.2. The van der Waals surface area contributed by atoms with Gasteiger partial charge in [0.2, 0.25) is 0 Å². The largest absolute Gasteiger partial charge is 1.00 e. The summed E-state index contributed by atoms with van der Waals surface area (Å²) in [4.78, 5) is 0. The van der Waals surface area contributed by atoms with E-state index in [9.17, 15) is 0 Å². The Morgan fingerprint density at radius 2 is 0.811 bits per heavy atom. The first-order chi connectivity index (χ1) is 17.9. The molecule has 0 radical (unpaired) electrons. The van der Waals surface area contributed by atoms with Crippen LogP contribution in [0, 0.1) is 0 Å². The van der Waals surface area contributed by atoms with Crippen molar-refractivity contribution in [1.29, 1.82) is 0 Å². The van der Waals surface area contributed by atoms with Gasteiger partial charge in [-0.2, -0.15) is 0 Å². The molecule has 194 valence electrons. The zero-order valence-corrected chi connectivity index (χ0v) is 24.3. The van der Waals surface area contributed by atoms with Crippen LogP contribution in [-0.2, 0) is 11.3 Å². The van der Waals surface area contributed by atoms with Gasteiger partial charge in [-0.05, 0) is 61.2 Å². The summed E-state index contributed by atoms with van der Waals surface area (Å²) in [7, 11) is -1.67. The fraction of sp³-hybridized carbons (Fsp3) is 0.294. The number of hydrogen-bond donors (Lipinski definition) is 0. The fourth-order valence-corrected chi connectivity index (χ4v) is 9.49. The van der Waals surface area contributed by atoms with E-state index < -0.39 is 7.26 Å². The second-order valence-electron chi connectivity index (χ2n) is 9.55. The molecular weight excluding hydrogens is 535 g/mol. The van der Waals surface area contributed by atoms with Crippen molar-refractivity contribution in [1.82, 2.24) is 0 Å². The summed E-state index contributed by atoms with van der Waals surface area (Å²) in [5.74, 6) is 0. The Bertz CT molecular complexity index is 1010. The first-order valence-corrected chi connectivity index (χ1v) is 15.5. The molecule has 3 heteroatoms. The van der Waals surface area contributed by atoms with Gasteiger partial charge < -0.3 is 21.7 Å². The van der Waals surface area contributed by atoms with Crippen LogP contribution in [0.25, 0.3) is 0 Å². The molecule has 0 N–H and O–H groups in total. The van der Waals surface area contributed by atoms with Crippen LogP contribution in [0.2, 0.25) is 0 Å². The lowest BCUT2D eigenvalue weighted by Crippen LogP contribution is -3.00. The van der Waals surface area contributed by atoms with Crippen molar-refractivity contribution in [3.05, 3.63) is 127 Å². The molecule has 4 aromatic rings. The molecule has 0 amide bonds. The molecule has 0 aliphatic carbocycles. The minimum Gasteiger partial charge on any atom is -1.00 e. The average Bonchev–Trinajstić information content (AvgIpc) is 2.96. The first kappa shape index (κ1) is 29.3. The van der Waals surface area contributed by atoms with Gasteiger partial charge in [0.05, 0.1) is 12.8 Å². The van der Waals surface area contributed by atoms with Crippen LogP contribution in [-0.4, -0.2) is 12.8 Å². The van der Waals surface area contributed by atoms with Crippen molar-refractivity contribution in [2.24, 2.45) is 0 Å². The molecule has 4 aromatic carbocycles. The topological polar surface area (TPSA) is 9.23 Å². The normalized spacial score (nSPS) is 11.1. The number of unbranched alkanes of at least 4 members (excludes halogenated alkanes) is 6. The molecule has 4 rings (SSSR count). The molecule has 0 saturated heterocycles. The molecule has 37 heavy (non-hydrogen) atoms. The molecule has 0 fully saturated rings. The summed E-state index contributed by atoms with van der Waals surface area (Å²) in [5.41, 5.74) is 1.26. The Balaban J connectivity index is 0.00000380. The van der Waals surface area contributed by atoms with Gasteiger partial charge in [0.1, 0.15) is 23.2 Å². The highest BCUT2D eigenvalue weighted by Gasteiger charge is 2.44. The summed E-state index contributed by atoms with van der Waals surface area (Å²) >= 11 is 0. The Morgan fingerprint density at radius 3 is 1.27 bits per heavy atom. The fourth-order valence-electron chi connectivity index (χ4n) is 5.08. The number of rotatable bonds is 15. The van der Waals surface area contributed by atoms with E-state index in [1.165, 1.54) is 66.2 Å². The molecule has 0 heterocycles. The molecule has 0 spiro atoms. The molecular formula is C34H40BrOP. The molecule has 1 nitrogen and oxygen atoms in total. The maximum atomic E-state index is 5.83. The lowest BCUT2D eigenvalue weighted by Gasteiger charge is -2.27. The van der Waals surface area contributed by atoms with E-state index in [1.54, 1.807) is 0 Å². The summed E-state index contributed by atoms with van der Waals surface area (Å²) in [5, 5.41) is 4.49. The van der Waals surface area contributed by atoms with Gasteiger partial charge in [-0.3, -0.25) is 0 Å². The molecule has 0 aromatic heterocycles. The highest BCUT2D eigenvalue weighted by molar-refractivity contribution is 7.95. The lowest BCUT2D eigenvalue weighted by molar-refractivity contribution is -0.00000770. The molecule has 0 aliphatic rings. The SMILES string of the molecule is [Br-].c1ccc(COCCCCCCCCC[P+](c2ccccc2)(c2ccccc2)c2ccccc2)cc1. The maximum Gasteiger partial charge on any atom is 0.112 e. The predicted octanol–water partition coefficient (Wildman–Crippen LogP) is 4.93. The number of ether oxygens (including phenoxy) is 1. The van der Waals surface area contributed by atoms with Gasteiger partial charge in [-0.25, -0.2) is 0 Å². The van der Waals surface area contributed by atoms with Crippen molar-refractivity contribution >= 4 is 23.2 Å². The highest BCUT2D eigenvalue weighted by Crippen LogP contribution is 2.55. The number of hydrogen-bond acceptors (Lipinski definition) is 1. The minimum absolute atomic E-state index is 0. The summed E-state index contributed by atoms with van der Waals surface area (Å²) < 4.78 is 5.83. The summed E-state index contributed by atoms with van der Waals surface area (Å²) in [6, 6.07) is 44.3. The maximum absolute atomic E-state index is 5.83. The monoisotopic (exact) mass is 574 g/mol. The predicted molar refractivity (Wildman–Crippen MR) is 158 cm³/mol. The van der Waals surface area contributed by atoms with Gasteiger partial charge in [0.15, 0.2) is 0 Å². The molecule has 0 saturated carbocycles.